The molecular weight excluding hydrogens is 536 g/mol. The summed E-state index contributed by atoms with van der Waals surface area (Å²) in [6.07, 6.45) is -0.276. The lowest BCUT2D eigenvalue weighted by Gasteiger charge is -2.33. The summed E-state index contributed by atoms with van der Waals surface area (Å²) < 4.78 is 67.6. The van der Waals surface area contributed by atoms with Crippen LogP contribution in [0.2, 0.25) is 0 Å². The molecule has 0 radical (unpaired) electrons. The molecular formula is C31H30F4N4O2. The van der Waals surface area contributed by atoms with E-state index in [1.807, 2.05) is 50.4 Å². The minimum absolute atomic E-state index is 0.0122. The molecule has 1 aliphatic heterocycles. The minimum Gasteiger partial charge on any atom is -0.381 e. The summed E-state index contributed by atoms with van der Waals surface area (Å²) in [5.41, 5.74) is 0.215. The number of nitrogens with zero attached hydrogens (tertiary/aromatic N) is 4. The Morgan fingerprint density at radius 3 is 2.39 bits per heavy atom. The largest absolute Gasteiger partial charge is 0.421 e. The number of halogens is 4. The van der Waals surface area contributed by atoms with Gasteiger partial charge in [-0.2, -0.15) is 18.3 Å². The van der Waals surface area contributed by atoms with Crippen LogP contribution in [0.1, 0.15) is 42.5 Å². The lowest BCUT2D eigenvalue weighted by atomic mass is 9.86. The molecule has 4 heterocycles. The zero-order chi connectivity index (χ0) is 29.1. The molecule has 5 aromatic rings. The van der Waals surface area contributed by atoms with Crippen molar-refractivity contribution in [3.05, 3.63) is 83.4 Å². The molecule has 41 heavy (non-hydrogen) atoms. The van der Waals surface area contributed by atoms with Crippen molar-refractivity contribution in [1.82, 2.24) is 19.3 Å². The molecule has 0 amide bonds. The SMILES string of the molecule is Cc1cnn(C)c1-c1cnc2c3ccc(C(C)(O)C(F)(F)F)c(F)c3n([C@H](c3ccccc3)C3CCOCC3)c2c1. The van der Waals surface area contributed by atoms with Crippen LogP contribution in [-0.4, -0.2) is 43.8 Å². The van der Waals surface area contributed by atoms with E-state index >= 15 is 4.39 Å². The first-order valence-corrected chi connectivity index (χ1v) is 13.5. The number of pyridine rings is 1. The number of fused-ring (bicyclic) bond motifs is 3. The van der Waals surface area contributed by atoms with Gasteiger partial charge in [0.2, 0.25) is 0 Å². The van der Waals surface area contributed by atoms with Crippen LogP contribution in [0.3, 0.4) is 0 Å². The summed E-state index contributed by atoms with van der Waals surface area (Å²) in [6.45, 7) is 3.57. The molecule has 1 N–H and O–H groups in total. The van der Waals surface area contributed by atoms with E-state index in [0.29, 0.717) is 49.4 Å². The first kappa shape index (κ1) is 27.4. The average molecular weight is 567 g/mol. The summed E-state index contributed by atoms with van der Waals surface area (Å²) in [7, 11) is 1.82. The predicted octanol–water partition coefficient (Wildman–Crippen LogP) is 6.82. The van der Waals surface area contributed by atoms with E-state index in [1.165, 1.54) is 6.07 Å². The number of ether oxygens (including phenoxy) is 1. The van der Waals surface area contributed by atoms with Gasteiger partial charge in [-0.15, -0.1) is 0 Å². The molecule has 1 aliphatic rings. The zero-order valence-electron chi connectivity index (χ0n) is 22.9. The van der Waals surface area contributed by atoms with Crippen molar-refractivity contribution in [2.75, 3.05) is 13.2 Å². The van der Waals surface area contributed by atoms with E-state index in [9.17, 15) is 18.3 Å². The van der Waals surface area contributed by atoms with E-state index in [4.69, 9.17) is 9.72 Å². The fourth-order valence-corrected chi connectivity index (χ4v) is 6.18. The minimum atomic E-state index is -5.08. The Morgan fingerprint density at radius 1 is 1.05 bits per heavy atom. The third-order valence-electron chi connectivity index (χ3n) is 8.34. The number of aliphatic hydroxyl groups is 1. The topological polar surface area (TPSA) is 65.1 Å². The third kappa shape index (κ3) is 4.40. The van der Waals surface area contributed by atoms with Crippen LogP contribution in [0, 0.1) is 18.7 Å². The second kappa shape index (κ2) is 9.95. The van der Waals surface area contributed by atoms with E-state index in [1.54, 1.807) is 21.6 Å². The van der Waals surface area contributed by atoms with Gasteiger partial charge in [0.1, 0.15) is 0 Å². The number of aromatic nitrogens is 4. The standard InChI is InChI=1S/C31H30F4N4O2/c1-18-16-37-38(3)27(18)21-15-24-26(36-17-21)22-9-10-23(30(2,40)31(33,34)35)25(32)29(22)39(24)28(19-7-5-4-6-8-19)20-11-13-41-14-12-20/h4-10,15-17,20,28,40H,11-14H2,1-3H3/t28-,30?/m1/s1. The van der Waals surface area contributed by atoms with Crippen molar-refractivity contribution >= 4 is 21.9 Å². The highest BCUT2D eigenvalue weighted by Gasteiger charge is 2.53. The van der Waals surface area contributed by atoms with Gasteiger partial charge in [-0.05, 0) is 49.8 Å². The fourth-order valence-electron chi connectivity index (χ4n) is 6.18. The highest BCUT2D eigenvalue weighted by atomic mass is 19.4. The Bertz CT molecular complexity index is 1720. The molecule has 0 spiro atoms. The van der Waals surface area contributed by atoms with Crippen molar-refractivity contribution in [3.8, 4) is 11.3 Å². The maximum atomic E-state index is 16.6. The van der Waals surface area contributed by atoms with Gasteiger partial charge >= 0.3 is 6.18 Å². The molecule has 1 saturated heterocycles. The summed E-state index contributed by atoms with van der Waals surface area (Å²) in [5, 5.41) is 15.3. The molecule has 0 aliphatic carbocycles. The van der Waals surface area contributed by atoms with Gasteiger partial charge < -0.3 is 14.4 Å². The number of hydrogen-bond donors (Lipinski definition) is 1. The maximum absolute atomic E-state index is 16.6. The number of benzene rings is 2. The van der Waals surface area contributed by atoms with E-state index in [2.05, 4.69) is 5.10 Å². The van der Waals surface area contributed by atoms with Gasteiger partial charge in [-0.25, -0.2) is 4.39 Å². The summed E-state index contributed by atoms with van der Waals surface area (Å²) in [6, 6.07) is 13.5. The molecule has 6 nitrogen and oxygen atoms in total. The van der Waals surface area contributed by atoms with Gasteiger partial charge in [0.25, 0.3) is 0 Å². The third-order valence-corrected chi connectivity index (χ3v) is 8.34. The Hall–Kier alpha value is -3.76. The summed E-state index contributed by atoms with van der Waals surface area (Å²) in [4.78, 5) is 4.73. The van der Waals surface area contributed by atoms with Gasteiger partial charge in [0.05, 0.1) is 34.5 Å². The number of hydrogen-bond acceptors (Lipinski definition) is 4. The monoisotopic (exact) mass is 566 g/mol. The van der Waals surface area contributed by atoms with Crippen LogP contribution in [0.4, 0.5) is 17.6 Å². The van der Waals surface area contributed by atoms with Crippen LogP contribution >= 0.6 is 0 Å². The van der Waals surface area contributed by atoms with Gasteiger partial charge in [-0.1, -0.05) is 42.5 Å². The number of aryl methyl sites for hydroxylation is 2. The first-order valence-electron chi connectivity index (χ1n) is 13.5. The predicted molar refractivity (Wildman–Crippen MR) is 148 cm³/mol. The number of rotatable bonds is 5. The van der Waals surface area contributed by atoms with Crippen molar-refractivity contribution < 1.29 is 27.4 Å². The quantitative estimate of drug-likeness (QED) is 0.237. The van der Waals surface area contributed by atoms with Crippen molar-refractivity contribution in [3.63, 3.8) is 0 Å². The smallest absolute Gasteiger partial charge is 0.381 e. The molecule has 0 saturated carbocycles. The van der Waals surface area contributed by atoms with Gasteiger partial charge in [0.15, 0.2) is 11.4 Å². The second-order valence-corrected chi connectivity index (χ2v) is 11.0. The number of alkyl halides is 3. The molecule has 2 atom stereocenters. The molecule has 6 rings (SSSR count). The molecule has 10 heteroatoms. The zero-order valence-corrected chi connectivity index (χ0v) is 22.9. The van der Waals surface area contributed by atoms with Gasteiger partial charge in [0, 0.05) is 43.0 Å². The second-order valence-electron chi connectivity index (χ2n) is 11.0. The van der Waals surface area contributed by atoms with Crippen molar-refractivity contribution in [1.29, 1.82) is 0 Å². The fraction of sp³-hybridized carbons (Fsp3) is 0.355. The molecule has 0 bridgehead atoms. The molecule has 2 aromatic carbocycles. The summed E-state index contributed by atoms with van der Waals surface area (Å²) in [5.74, 6) is -1.10. The Balaban J connectivity index is 1.73. The molecule has 214 valence electrons. The lowest BCUT2D eigenvalue weighted by molar-refractivity contribution is -0.259. The van der Waals surface area contributed by atoms with Crippen LogP contribution < -0.4 is 0 Å². The highest BCUT2D eigenvalue weighted by Crippen LogP contribution is 2.45. The maximum Gasteiger partial charge on any atom is 0.421 e. The molecule has 3 aromatic heterocycles. The normalized spacial score (nSPS) is 17.3. The molecule has 1 fully saturated rings. The first-order chi connectivity index (χ1) is 19.5. The Labute approximate surface area is 234 Å². The van der Waals surface area contributed by atoms with Crippen molar-refractivity contribution in [2.24, 2.45) is 13.0 Å². The van der Waals surface area contributed by atoms with Crippen LogP contribution in [0.5, 0.6) is 0 Å². The average Bonchev–Trinajstić information content (AvgIpc) is 3.46. The van der Waals surface area contributed by atoms with E-state index in [-0.39, 0.29) is 11.4 Å². The Morgan fingerprint density at radius 2 is 1.76 bits per heavy atom. The lowest BCUT2D eigenvalue weighted by Crippen LogP contribution is -2.40. The highest BCUT2D eigenvalue weighted by molar-refractivity contribution is 6.07. The van der Waals surface area contributed by atoms with Gasteiger partial charge in [-0.3, -0.25) is 9.67 Å². The van der Waals surface area contributed by atoms with E-state index < -0.39 is 29.2 Å². The summed E-state index contributed by atoms with van der Waals surface area (Å²) >= 11 is 0. The van der Waals surface area contributed by atoms with Crippen LogP contribution in [0.15, 0.2) is 60.9 Å². The molecule has 1 unspecified atom stereocenters. The van der Waals surface area contributed by atoms with Crippen LogP contribution in [-0.2, 0) is 17.4 Å². The van der Waals surface area contributed by atoms with Crippen molar-refractivity contribution in [2.45, 2.75) is 44.5 Å². The van der Waals surface area contributed by atoms with Crippen LogP contribution in [0.25, 0.3) is 33.2 Å². The Kier molecular flexibility index (Phi) is 6.66. The van der Waals surface area contributed by atoms with E-state index in [0.717, 1.165) is 28.5 Å².